The zero-order valence-electron chi connectivity index (χ0n) is 9.03. The molecule has 0 bridgehead atoms. The fourth-order valence-electron chi connectivity index (χ4n) is 2.10. The highest BCUT2D eigenvalue weighted by Crippen LogP contribution is 2.28. The van der Waals surface area contributed by atoms with Gasteiger partial charge in [-0.3, -0.25) is 0 Å². The van der Waals surface area contributed by atoms with Gasteiger partial charge in [0.15, 0.2) is 0 Å². The molecule has 1 saturated carbocycles. The lowest BCUT2D eigenvalue weighted by atomic mass is 9.87. The highest BCUT2D eigenvalue weighted by Gasteiger charge is 2.26. The second kappa shape index (κ2) is 4.98. The molecule has 16 heavy (non-hydrogen) atoms. The monoisotopic (exact) mass is 219 g/mol. The molecule has 84 valence electrons. The van der Waals surface area contributed by atoms with Crippen LogP contribution < -0.4 is 4.74 Å². The second-order valence-corrected chi connectivity index (χ2v) is 4.13. The zero-order valence-corrected chi connectivity index (χ0v) is 9.03. The minimum atomic E-state index is -0.304. The van der Waals surface area contributed by atoms with Gasteiger partial charge in [-0.05, 0) is 31.4 Å². The van der Waals surface area contributed by atoms with Crippen LogP contribution in [-0.2, 0) is 0 Å². The van der Waals surface area contributed by atoms with Gasteiger partial charge in [-0.15, -0.1) is 0 Å². The van der Waals surface area contributed by atoms with Crippen molar-refractivity contribution in [1.82, 2.24) is 0 Å². The van der Waals surface area contributed by atoms with Gasteiger partial charge in [-0.25, -0.2) is 4.39 Å². The number of ether oxygens (including phenoxy) is 1. The Morgan fingerprint density at radius 3 is 2.88 bits per heavy atom. The summed E-state index contributed by atoms with van der Waals surface area (Å²) in [5.41, 5.74) is 0. The van der Waals surface area contributed by atoms with Crippen molar-refractivity contribution in [1.29, 1.82) is 5.26 Å². The molecule has 0 saturated heterocycles. The lowest BCUT2D eigenvalue weighted by Crippen LogP contribution is -2.29. The summed E-state index contributed by atoms with van der Waals surface area (Å²) in [7, 11) is 0. The molecule has 0 heterocycles. The Labute approximate surface area is 94.7 Å². The number of nitrogens with zero attached hydrogens (tertiary/aromatic N) is 1. The molecule has 1 aromatic rings. The van der Waals surface area contributed by atoms with Crippen LogP contribution in [0, 0.1) is 23.1 Å². The number of halogens is 1. The van der Waals surface area contributed by atoms with Crippen LogP contribution >= 0.6 is 0 Å². The van der Waals surface area contributed by atoms with E-state index in [1.54, 1.807) is 12.1 Å². The van der Waals surface area contributed by atoms with Crippen molar-refractivity contribution in [3.63, 3.8) is 0 Å². The molecule has 1 fully saturated rings. The van der Waals surface area contributed by atoms with Crippen LogP contribution in [-0.4, -0.2) is 6.10 Å². The summed E-state index contributed by atoms with van der Waals surface area (Å²) in [5, 5.41) is 8.99. The number of hydrogen-bond acceptors (Lipinski definition) is 2. The van der Waals surface area contributed by atoms with Crippen molar-refractivity contribution in [2.24, 2.45) is 5.92 Å². The Hall–Kier alpha value is -1.56. The summed E-state index contributed by atoms with van der Waals surface area (Å²) in [5.74, 6) is 0.158. The van der Waals surface area contributed by atoms with E-state index in [0.29, 0.717) is 5.75 Å². The smallest absolute Gasteiger partial charge is 0.126 e. The maximum atomic E-state index is 13.0. The Balaban J connectivity index is 2.05. The van der Waals surface area contributed by atoms with Crippen LogP contribution in [0.25, 0.3) is 0 Å². The maximum absolute atomic E-state index is 13.0. The summed E-state index contributed by atoms with van der Waals surface area (Å²) in [6, 6.07) is 8.37. The van der Waals surface area contributed by atoms with Gasteiger partial charge in [0.2, 0.25) is 0 Å². The fourth-order valence-corrected chi connectivity index (χ4v) is 2.10. The second-order valence-electron chi connectivity index (χ2n) is 4.13. The van der Waals surface area contributed by atoms with E-state index in [0.717, 1.165) is 25.7 Å². The van der Waals surface area contributed by atoms with Crippen molar-refractivity contribution in [2.75, 3.05) is 0 Å². The Bertz CT molecular complexity index is 399. The molecule has 1 aliphatic rings. The van der Waals surface area contributed by atoms with E-state index in [-0.39, 0.29) is 17.8 Å². The van der Waals surface area contributed by atoms with E-state index in [9.17, 15) is 4.39 Å². The first-order valence-electron chi connectivity index (χ1n) is 5.61. The molecule has 0 aromatic heterocycles. The van der Waals surface area contributed by atoms with Gasteiger partial charge in [-0.2, -0.15) is 5.26 Å². The SMILES string of the molecule is N#CC1CCCCC1Oc1cccc(F)c1. The highest BCUT2D eigenvalue weighted by atomic mass is 19.1. The van der Waals surface area contributed by atoms with E-state index in [1.165, 1.54) is 12.1 Å². The van der Waals surface area contributed by atoms with Crippen LogP contribution in [0.3, 0.4) is 0 Å². The van der Waals surface area contributed by atoms with Gasteiger partial charge in [-0.1, -0.05) is 12.5 Å². The average Bonchev–Trinajstić information content (AvgIpc) is 2.30. The molecular weight excluding hydrogens is 205 g/mol. The van der Waals surface area contributed by atoms with E-state index < -0.39 is 0 Å². The van der Waals surface area contributed by atoms with E-state index in [1.807, 2.05) is 0 Å². The van der Waals surface area contributed by atoms with Gasteiger partial charge in [0.05, 0.1) is 12.0 Å². The third-order valence-electron chi connectivity index (χ3n) is 2.95. The van der Waals surface area contributed by atoms with Crippen LogP contribution in [0.4, 0.5) is 4.39 Å². The molecule has 0 radical (unpaired) electrons. The summed E-state index contributed by atoms with van der Waals surface area (Å²) >= 11 is 0. The summed E-state index contributed by atoms with van der Waals surface area (Å²) in [4.78, 5) is 0. The lowest BCUT2D eigenvalue weighted by Gasteiger charge is -2.27. The zero-order chi connectivity index (χ0) is 11.4. The van der Waals surface area contributed by atoms with Crippen molar-refractivity contribution in [2.45, 2.75) is 31.8 Å². The third kappa shape index (κ3) is 2.52. The van der Waals surface area contributed by atoms with Gasteiger partial charge < -0.3 is 4.74 Å². The number of hydrogen-bond donors (Lipinski definition) is 0. The Kier molecular flexibility index (Phi) is 3.40. The molecule has 3 heteroatoms. The van der Waals surface area contributed by atoms with Crippen LogP contribution in [0.2, 0.25) is 0 Å². The minimum Gasteiger partial charge on any atom is -0.489 e. The minimum absolute atomic E-state index is 0.0583. The van der Waals surface area contributed by atoms with E-state index >= 15 is 0 Å². The quantitative estimate of drug-likeness (QED) is 0.764. The predicted octanol–water partition coefficient (Wildman–Crippen LogP) is 3.29. The largest absolute Gasteiger partial charge is 0.489 e. The molecule has 0 aliphatic heterocycles. The molecular formula is C13H14FNO. The topological polar surface area (TPSA) is 33.0 Å². The summed E-state index contributed by atoms with van der Waals surface area (Å²) < 4.78 is 18.6. The van der Waals surface area contributed by atoms with Crippen LogP contribution in [0.5, 0.6) is 5.75 Å². The van der Waals surface area contributed by atoms with Crippen molar-refractivity contribution in [3.05, 3.63) is 30.1 Å². The first-order valence-corrected chi connectivity index (χ1v) is 5.61. The van der Waals surface area contributed by atoms with Crippen LogP contribution in [0.15, 0.2) is 24.3 Å². The summed E-state index contributed by atoms with van der Waals surface area (Å²) in [6.45, 7) is 0. The molecule has 2 unspecified atom stereocenters. The number of nitriles is 1. The van der Waals surface area contributed by atoms with Gasteiger partial charge >= 0.3 is 0 Å². The predicted molar refractivity (Wildman–Crippen MR) is 58.4 cm³/mol. The van der Waals surface area contributed by atoms with Gasteiger partial charge in [0.1, 0.15) is 17.7 Å². The standard InChI is InChI=1S/C13H14FNO/c14-11-5-3-6-12(8-11)16-13-7-2-1-4-10(13)9-15/h3,5-6,8,10,13H,1-2,4,7H2. The van der Waals surface area contributed by atoms with Crippen LogP contribution in [0.1, 0.15) is 25.7 Å². The van der Waals surface area contributed by atoms with E-state index in [2.05, 4.69) is 6.07 Å². The highest BCUT2D eigenvalue weighted by molar-refractivity contribution is 5.23. The Morgan fingerprint density at radius 2 is 2.12 bits per heavy atom. The van der Waals surface area contributed by atoms with Crippen molar-refractivity contribution in [3.8, 4) is 11.8 Å². The lowest BCUT2D eigenvalue weighted by molar-refractivity contribution is 0.120. The molecule has 2 atom stereocenters. The third-order valence-corrected chi connectivity index (χ3v) is 2.95. The average molecular weight is 219 g/mol. The Morgan fingerprint density at radius 1 is 1.31 bits per heavy atom. The molecule has 0 spiro atoms. The van der Waals surface area contributed by atoms with E-state index in [4.69, 9.17) is 10.00 Å². The molecule has 1 aromatic carbocycles. The molecule has 0 amide bonds. The molecule has 0 N–H and O–H groups in total. The first-order chi connectivity index (χ1) is 7.79. The van der Waals surface area contributed by atoms with Gasteiger partial charge in [0.25, 0.3) is 0 Å². The van der Waals surface area contributed by atoms with Crippen molar-refractivity contribution >= 4 is 0 Å². The molecule has 2 nitrogen and oxygen atoms in total. The summed E-state index contributed by atoms with van der Waals surface area (Å²) in [6.07, 6.45) is 3.85. The molecule has 2 rings (SSSR count). The molecule has 1 aliphatic carbocycles. The number of benzene rings is 1. The first kappa shape index (κ1) is 10.9. The van der Waals surface area contributed by atoms with Crippen molar-refractivity contribution < 1.29 is 9.13 Å². The maximum Gasteiger partial charge on any atom is 0.126 e. The van der Waals surface area contributed by atoms with Gasteiger partial charge in [0, 0.05) is 6.07 Å². The normalized spacial score (nSPS) is 24.8. The number of rotatable bonds is 2. The fraction of sp³-hybridized carbons (Fsp3) is 0.462.